The fraction of sp³-hybridized carbons (Fsp3) is 0.714. The third kappa shape index (κ3) is 5.57. The first kappa shape index (κ1) is 24.2. The highest BCUT2D eigenvalue weighted by Gasteiger charge is 2.40. The zero-order valence-electron chi connectivity index (χ0n) is 18.7. The van der Waals surface area contributed by atoms with Crippen LogP contribution in [0.2, 0.25) is 0 Å². The molecule has 1 atom stereocenters. The van der Waals surface area contributed by atoms with Gasteiger partial charge in [0.2, 0.25) is 0 Å². The van der Waals surface area contributed by atoms with Crippen molar-refractivity contribution in [2.75, 3.05) is 27.3 Å². The maximum atomic E-state index is 13.6. The first-order valence-electron chi connectivity index (χ1n) is 9.62. The van der Waals surface area contributed by atoms with Crippen LogP contribution in [-0.2, 0) is 24.4 Å². The molecular weight excluding hydrogens is 361 g/mol. The molecule has 1 aromatic carbocycles. The summed E-state index contributed by atoms with van der Waals surface area (Å²) < 4.78 is 24.9. The lowest BCUT2D eigenvalue weighted by Gasteiger charge is -2.34. The van der Waals surface area contributed by atoms with Crippen molar-refractivity contribution >= 4 is 7.60 Å². The minimum Gasteiger partial charge on any atom is -0.507 e. The highest BCUT2D eigenvalue weighted by Crippen LogP contribution is 2.62. The Morgan fingerprint density at radius 2 is 1.33 bits per heavy atom. The van der Waals surface area contributed by atoms with Gasteiger partial charge in [0, 0.05) is 0 Å². The van der Waals surface area contributed by atoms with Gasteiger partial charge < -0.3 is 14.2 Å². The van der Waals surface area contributed by atoms with Crippen LogP contribution >= 0.6 is 7.60 Å². The third-order valence-corrected chi connectivity index (χ3v) is 7.05. The van der Waals surface area contributed by atoms with Gasteiger partial charge in [0.1, 0.15) is 11.5 Å². The SMILES string of the molecule is CCOP(=O)(OCC)[C@@H](c1cc(C(C)(C)C)c(O)c(C(C)(C)C)c1)N(C)C. The van der Waals surface area contributed by atoms with Gasteiger partial charge in [0.25, 0.3) is 0 Å². The monoisotopic (exact) mass is 399 g/mol. The Hall–Kier alpha value is -0.870. The Labute approximate surface area is 165 Å². The molecule has 0 unspecified atom stereocenters. The molecule has 0 fully saturated rings. The molecule has 1 aromatic rings. The van der Waals surface area contributed by atoms with E-state index in [4.69, 9.17) is 9.05 Å². The number of hydrogen-bond donors (Lipinski definition) is 1. The van der Waals surface area contributed by atoms with E-state index in [1.807, 2.05) is 45.0 Å². The second-order valence-electron chi connectivity index (χ2n) is 9.18. The molecular formula is C21H38NO4P. The quantitative estimate of drug-likeness (QED) is 0.586. The highest BCUT2D eigenvalue weighted by atomic mass is 31.2. The van der Waals surface area contributed by atoms with Crippen LogP contribution in [0.1, 0.15) is 77.9 Å². The van der Waals surface area contributed by atoms with E-state index >= 15 is 0 Å². The number of hydrogen-bond acceptors (Lipinski definition) is 5. The van der Waals surface area contributed by atoms with E-state index in [-0.39, 0.29) is 10.8 Å². The van der Waals surface area contributed by atoms with Crippen molar-refractivity contribution in [3.8, 4) is 5.75 Å². The number of rotatable bonds is 7. The molecule has 1 rings (SSSR count). The summed E-state index contributed by atoms with van der Waals surface area (Å²) in [6.45, 7) is 16.6. The molecule has 0 bridgehead atoms. The second kappa shape index (κ2) is 8.65. The van der Waals surface area contributed by atoms with Gasteiger partial charge in [-0.25, -0.2) is 0 Å². The van der Waals surface area contributed by atoms with Crippen LogP contribution in [0.5, 0.6) is 5.75 Å². The first-order chi connectivity index (χ1) is 12.2. The van der Waals surface area contributed by atoms with E-state index < -0.39 is 13.4 Å². The van der Waals surface area contributed by atoms with Crippen LogP contribution < -0.4 is 0 Å². The molecule has 0 spiro atoms. The van der Waals surface area contributed by atoms with Gasteiger partial charge in [-0.15, -0.1) is 0 Å². The Morgan fingerprint density at radius 1 is 0.963 bits per heavy atom. The molecule has 27 heavy (non-hydrogen) atoms. The van der Waals surface area contributed by atoms with Gasteiger partial charge >= 0.3 is 7.60 Å². The Balaban J connectivity index is 3.81. The topological polar surface area (TPSA) is 59.0 Å². The Bertz CT molecular complexity index is 641. The van der Waals surface area contributed by atoms with E-state index in [0.717, 1.165) is 16.7 Å². The molecule has 1 N–H and O–H groups in total. The summed E-state index contributed by atoms with van der Waals surface area (Å²) in [6, 6.07) is 3.89. The van der Waals surface area contributed by atoms with E-state index in [2.05, 4.69) is 41.5 Å². The number of benzene rings is 1. The maximum absolute atomic E-state index is 13.6. The average Bonchev–Trinajstić information content (AvgIpc) is 2.46. The van der Waals surface area contributed by atoms with Crippen molar-refractivity contribution in [1.29, 1.82) is 0 Å². The predicted molar refractivity (Wildman–Crippen MR) is 113 cm³/mol. The lowest BCUT2D eigenvalue weighted by atomic mass is 9.78. The molecule has 0 aliphatic carbocycles. The molecule has 0 aromatic heterocycles. The van der Waals surface area contributed by atoms with E-state index in [9.17, 15) is 9.67 Å². The van der Waals surface area contributed by atoms with Gasteiger partial charge in [-0.3, -0.25) is 9.46 Å². The lowest BCUT2D eigenvalue weighted by molar-refractivity contribution is 0.187. The first-order valence-corrected chi connectivity index (χ1v) is 11.2. The summed E-state index contributed by atoms with van der Waals surface area (Å²) in [5.74, 6) is -0.251. The van der Waals surface area contributed by atoms with Gasteiger partial charge in [-0.2, -0.15) is 0 Å². The van der Waals surface area contributed by atoms with Gasteiger partial charge in [-0.1, -0.05) is 41.5 Å². The summed E-state index contributed by atoms with van der Waals surface area (Å²) in [7, 11) is 0.319. The zero-order valence-corrected chi connectivity index (χ0v) is 19.6. The fourth-order valence-electron chi connectivity index (χ4n) is 3.25. The number of phenolic OH excluding ortho intramolecular Hbond substituents is 1. The molecule has 5 nitrogen and oxygen atoms in total. The van der Waals surface area contributed by atoms with Gasteiger partial charge in [0.15, 0.2) is 0 Å². The largest absolute Gasteiger partial charge is 0.507 e. The molecule has 0 amide bonds. The van der Waals surface area contributed by atoms with Gasteiger partial charge in [-0.05, 0) is 67.6 Å². The molecule has 0 saturated carbocycles. The molecule has 156 valence electrons. The summed E-state index contributed by atoms with van der Waals surface area (Å²) >= 11 is 0. The van der Waals surface area contributed by atoms with Crippen molar-refractivity contribution in [3.05, 3.63) is 28.8 Å². The standard InChI is InChI=1S/C21H38NO4P/c1-11-25-27(24,26-12-2)19(22(9)10)15-13-16(20(3,4)5)18(23)17(14-15)21(6,7)8/h13-14,19,23H,11-12H2,1-10H3/t19-/m0/s1. The van der Waals surface area contributed by atoms with Crippen LogP contribution in [0.15, 0.2) is 12.1 Å². The van der Waals surface area contributed by atoms with Crippen molar-refractivity contribution < 1.29 is 18.7 Å². The lowest BCUT2D eigenvalue weighted by Crippen LogP contribution is -2.25. The van der Waals surface area contributed by atoms with Crippen molar-refractivity contribution in [3.63, 3.8) is 0 Å². The number of phenols is 1. The van der Waals surface area contributed by atoms with E-state index in [1.54, 1.807) is 0 Å². The number of aromatic hydroxyl groups is 1. The minimum absolute atomic E-state index is 0.266. The van der Waals surface area contributed by atoms with Crippen LogP contribution in [0.4, 0.5) is 0 Å². The summed E-state index contributed by atoms with van der Waals surface area (Å²) in [4.78, 5) is 1.87. The molecule has 0 saturated heterocycles. The molecule has 0 aliphatic rings. The van der Waals surface area contributed by atoms with Crippen LogP contribution in [-0.4, -0.2) is 37.3 Å². The zero-order chi connectivity index (χ0) is 21.2. The van der Waals surface area contributed by atoms with E-state index in [1.165, 1.54) is 0 Å². The molecule has 0 radical (unpaired) electrons. The van der Waals surface area contributed by atoms with Gasteiger partial charge in [0.05, 0.1) is 13.2 Å². The van der Waals surface area contributed by atoms with Crippen molar-refractivity contribution in [2.45, 2.75) is 72.0 Å². The molecule has 0 aliphatic heterocycles. The maximum Gasteiger partial charge on any atom is 0.352 e. The second-order valence-corrected chi connectivity index (χ2v) is 11.3. The Kier molecular flexibility index (Phi) is 7.74. The highest BCUT2D eigenvalue weighted by molar-refractivity contribution is 7.54. The van der Waals surface area contributed by atoms with E-state index in [0.29, 0.717) is 19.0 Å². The Morgan fingerprint density at radius 3 is 1.59 bits per heavy atom. The van der Waals surface area contributed by atoms with Crippen LogP contribution in [0.25, 0.3) is 0 Å². The normalized spacial score (nSPS) is 14.6. The summed E-state index contributed by atoms with van der Waals surface area (Å²) in [5, 5.41) is 11.0. The fourth-order valence-corrected chi connectivity index (χ4v) is 5.41. The molecule has 0 heterocycles. The smallest absolute Gasteiger partial charge is 0.352 e. The summed E-state index contributed by atoms with van der Waals surface area (Å²) in [6.07, 6.45) is 0. The summed E-state index contributed by atoms with van der Waals surface area (Å²) in [5.41, 5.74) is 1.96. The van der Waals surface area contributed by atoms with Crippen molar-refractivity contribution in [2.24, 2.45) is 0 Å². The average molecular weight is 400 g/mol. The minimum atomic E-state index is -3.42. The number of nitrogens with zero attached hydrogens (tertiary/aromatic N) is 1. The molecule has 6 heteroatoms. The van der Waals surface area contributed by atoms with Crippen molar-refractivity contribution in [1.82, 2.24) is 4.90 Å². The predicted octanol–water partition coefficient (Wildman–Crippen LogP) is 5.81. The third-order valence-electron chi connectivity index (χ3n) is 4.45. The van der Waals surface area contributed by atoms with Crippen LogP contribution in [0, 0.1) is 0 Å². The van der Waals surface area contributed by atoms with Crippen LogP contribution in [0.3, 0.4) is 0 Å².